The zero-order valence-electron chi connectivity index (χ0n) is 11.8. The summed E-state index contributed by atoms with van der Waals surface area (Å²) in [4.78, 5) is 0. The second-order valence-corrected chi connectivity index (χ2v) is 7.11. The topological polar surface area (TPSA) is 97.3 Å². The van der Waals surface area contributed by atoms with E-state index in [-0.39, 0.29) is 0 Å². The van der Waals surface area contributed by atoms with Gasteiger partial charge in [-0.15, -0.1) is 5.53 Å². The summed E-state index contributed by atoms with van der Waals surface area (Å²) in [6.07, 6.45) is 5.45. The molecule has 2 rings (SSSR count). The van der Waals surface area contributed by atoms with Crippen molar-refractivity contribution in [3.63, 3.8) is 0 Å². The lowest BCUT2D eigenvalue weighted by Crippen LogP contribution is -2.66. The fourth-order valence-electron chi connectivity index (χ4n) is 2.99. The van der Waals surface area contributed by atoms with Gasteiger partial charge in [0.15, 0.2) is 5.40 Å². The second-order valence-electron chi connectivity index (χ2n) is 5.39. The molecular weight excluding hydrogens is 280 g/mol. The van der Waals surface area contributed by atoms with Gasteiger partial charge in [-0.3, -0.25) is 0 Å². The number of nitrogens with zero attached hydrogens (tertiary/aromatic N) is 3. The SMILES string of the molecule is CCCCC[N+]1(N2NNNC2S(=O)(=O)C#N)CCCC1. The predicted molar refractivity (Wildman–Crippen MR) is 73.2 cm³/mol. The molecule has 114 valence electrons. The highest BCUT2D eigenvalue weighted by atomic mass is 32.2. The number of likely N-dealkylation sites (tertiary alicyclic amines) is 1. The van der Waals surface area contributed by atoms with Crippen molar-refractivity contribution in [1.82, 2.24) is 21.6 Å². The Hall–Kier alpha value is -0.760. The summed E-state index contributed by atoms with van der Waals surface area (Å²) in [5, 5.41) is 11.9. The van der Waals surface area contributed by atoms with E-state index in [1.54, 1.807) is 5.12 Å². The second kappa shape index (κ2) is 6.34. The van der Waals surface area contributed by atoms with E-state index in [9.17, 15) is 8.42 Å². The van der Waals surface area contributed by atoms with E-state index in [0.29, 0.717) is 4.59 Å². The number of quaternary nitrogens is 1. The maximum atomic E-state index is 11.9. The van der Waals surface area contributed by atoms with Gasteiger partial charge in [-0.25, -0.2) is 18.4 Å². The summed E-state index contributed by atoms with van der Waals surface area (Å²) in [5.41, 5.74) is 7.09. The number of hydrogen-bond donors (Lipinski definition) is 3. The monoisotopic (exact) mass is 303 g/mol. The van der Waals surface area contributed by atoms with Crippen molar-refractivity contribution < 1.29 is 13.0 Å². The third-order valence-electron chi connectivity index (χ3n) is 4.04. The number of hydrazine groups is 3. The van der Waals surface area contributed by atoms with Crippen LogP contribution in [-0.4, -0.2) is 43.3 Å². The van der Waals surface area contributed by atoms with Gasteiger partial charge in [-0.1, -0.05) is 13.3 Å². The molecule has 0 aromatic rings. The number of thiocyanates is 1. The van der Waals surface area contributed by atoms with E-state index in [0.717, 1.165) is 51.7 Å². The molecule has 1 unspecified atom stereocenters. The summed E-state index contributed by atoms with van der Waals surface area (Å²) < 4.78 is 24.3. The fraction of sp³-hybridized carbons (Fsp3) is 0.909. The van der Waals surface area contributed by atoms with E-state index in [1.807, 2.05) is 0 Å². The van der Waals surface area contributed by atoms with Crippen LogP contribution in [0, 0.1) is 10.7 Å². The molecule has 1 atom stereocenters. The van der Waals surface area contributed by atoms with Crippen molar-refractivity contribution in [2.24, 2.45) is 0 Å². The van der Waals surface area contributed by atoms with Crippen molar-refractivity contribution in [1.29, 1.82) is 5.26 Å². The van der Waals surface area contributed by atoms with Crippen LogP contribution in [0.2, 0.25) is 0 Å². The maximum absolute atomic E-state index is 11.9. The summed E-state index contributed by atoms with van der Waals surface area (Å²) in [5.74, 6) is 0. The standard InChI is InChI=1S/C11H23N6O2S/c1-2-3-4-7-17(8-5-6-9-17)16-11(13-14-15-16)20(18,19)10-12/h11,13-15H,2-9H2,1H3/q+1. The molecule has 0 bridgehead atoms. The molecule has 0 amide bonds. The number of sulfone groups is 1. The van der Waals surface area contributed by atoms with Crippen LogP contribution in [0.25, 0.3) is 0 Å². The highest BCUT2D eigenvalue weighted by Crippen LogP contribution is 2.26. The Bertz CT molecular complexity index is 468. The molecule has 0 aromatic carbocycles. The van der Waals surface area contributed by atoms with Gasteiger partial charge in [0.1, 0.15) is 0 Å². The Morgan fingerprint density at radius 3 is 2.65 bits per heavy atom. The zero-order valence-corrected chi connectivity index (χ0v) is 12.6. The number of rotatable bonds is 6. The van der Waals surface area contributed by atoms with Crippen LogP contribution < -0.4 is 16.5 Å². The van der Waals surface area contributed by atoms with E-state index in [4.69, 9.17) is 5.26 Å². The minimum atomic E-state index is -3.87. The van der Waals surface area contributed by atoms with Crippen molar-refractivity contribution in [3.8, 4) is 5.40 Å². The molecular formula is C11H23N6O2S+. The molecule has 2 saturated heterocycles. The van der Waals surface area contributed by atoms with Gasteiger partial charge in [0.25, 0.3) is 15.3 Å². The maximum Gasteiger partial charge on any atom is 0.279 e. The zero-order chi connectivity index (χ0) is 14.6. The minimum absolute atomic E-state index is 0.575. The van der Waals surface area contributed by atoms with Gasteiger partial charge in [-0.2, -0.15) is 10.8 Å². The molecule has 2 aliphatic rings. The quantitative estimate of drug-likeness (QED) is 0.268. The van der Waals surface area contributed by atoms with Crippen LogP contribution in [0.3, 0.4) is 0 Å². The smallest absolute Gasteiger partial charge is 0.225 e. The first-order valence-corrected chi connectivity index (χ1v) is 8.67. The third-order valence-corrected chi connectivity index (χ3v) is 5.20. The third kappa shape index (κ3) is 2.95. The first-order valence-electron chi connectivity index (χ1n) is 7.12. The van der Waals surface area contributed by atoms with Crippen molar-refractivity contribution >= 4 is 9.84 Å². The number of hydrogen-bond acceptors (Lipinski definition) is 7. The van der Waals surface area contributed by atoms with Crippen LogP contribution in [0.1, 0.15) is 39.0 Å². The Kier molecular flexibility index (Phi) is 4.95. The van der Waals surface area contributed by atoms with Gasteiger partial charge in [0.2, 0.25) is 0 Å². The molecule has 0 aromatic heterocycles. The van der Waals surface area contributed by atoms with Crippen molar-refractivity contribution in [2.45, 2.75) is 44.5 Å². The summed E-state index contributed by atoms with van der Waals surface area (Å²) in [7, 11) is -3.87. The summed E-state index contributed by atoms with van der Waals surface area (Å²) in [6.45, 7) is 4.84. The van der Waals surface area contributed by atoms with Gasteiger partial charge >= 0.3 is 0 Å². The van der Waals surface area contributed by atoms with E-state index in [1.165, 1.54) is 5.40 Å². The highest BCUT2D eigenvalue weighted by molar-refractivity contribution is 7.96. The van der Waals surface area contributed by atoms with E-state index < -0.39 is 15.3 Å². The molecule has 0 radical (unpaired) electrons. The largest absolute Gasteiger partial charge is 0.279 e. The first-order chi connectivity index (χ1) is 9.56. The average molecular weight is 303 g/mol. The van der Waals surface area contributed by atoms with Gasteiger partial charge in [0, 0.05) is 12.8 Å². The molecule has 20 heavy (non-hydrogen) atoms. The number of nitrogens with one attached hydrogen (secondary N) is 3. The van der Waals surface area contributed by atoms with E-state index in [2.05, 4.69) is 23.4 Å². The first kappa shape index (κ1) is 15.6. The molecule has 0 spiro atoms. The van der Waals surface area contributed by atoms with Crippen LogP contribution in [0.15, 0.2) is 0 Å². The number of unbranched alkanes of at least 4 members (excludes halogenated alkanes) is 2. The Morgan fingerprint density at radius 2 is 2.05 bits per heavy atom. The molecule has 8 nitrogen and oxygen atoms in total. The Balaban J connectivity index is 2.18. The molecule has 0 aliphatic carbocycles. The van der Waals surface area contributed by atoms with Crippen LogP contribution in [-0.2, 0) is 9.84 Å². The van der Waals surface area contributed by atoms with Crippen LogP contribution in [0.4, 0.5) is 0 Å². The van der Waals surface area contributed by atoms with Crippen molar-refractivity contribution in [2.75, 3.05) is 19.6 Å². The lowest BCUT2D eigenvalue weighted by Gasteiger charge is -2.40. The lowest BCUT2D eigenvalue weighted by molar-refractivity contribution is -1.03. The van der Waals surface area contributed by atoms with Gasteiger partial charge in [0.05, 0.1) is 19.6 Å². The molecule has 3 N–H and O–H groups in total. The average Bonchev–Trinajstić information content (AvgIpc) is 3.08. The summed E-state index contributed by atoms with van der Waals surface area (Å²) >= 11 is 0. The minimum Gasteiger partial charge on any atom is -0.225 e. The predicted octanol–water partition coefficient (Wildman–Crippen LogP) is -0.289. The van der Waals surface area contributed by atoms with Gasteiger partial charge in [-0.05, 0) is 18.0 Å². The van der Waals surface area contributed by atoms with Crippen LogP contribution in [0.5, 0.6) is 0 Å². The molecule has 2 fully saturated rings. The Labute approximate surface area is 120 Å². The number of nitriles is 1. The Morgan fingerprint density at radius 1 is 1.35 bits per heavy atom. The molecule has 2 aliphatic heterocycles. The molecule has 9 heteroatoms. The van der Waals surface area contributed by atoms with Crippen molar-refractivity contribution in [3.05, 3.63) is 0 Å². The molecule has 0 saturated carbocycles. The van der Waals surface area contributed by atoms with E-state index >= 15 is 0 Å². The fourth-order valence-corrected chi connectivity index (χ4v) is 3.82. The highest BCUT2D eigenvalue weighted by Gasteiger charge is 2.50. The summed E-state index contributed by atoms with van der Waals surface area (Å²) in [6, 6.07) is 0. The van der Waals surface area contributed by atoms with Crippen LogP contribution >= 0.6 is 0 Å². The lowest BCUT2D eigenvalue weighted by atomic mass is 10.2. The molecule has 2 heterocycles. The normalized spacial score (nSPS) is 26.7. The van der Waals surface area contributed by atoms with Gasteiger partial charge < -0.3 is 0 Å².